The number of nitrogens with zero attached hydrogens (tertiary/aromatic N) is 2. The van der Waals surface area contributed by atoms with E-state index in [-0.39, 0.29) is 18.9 Å². The Kier molecular flexibility index (Phi) is 7.48. The molecule has 0 spiro atoms. The number of ether oxygens (including phenoxy) is 1. The van der Waals surface area contributed by atoms with E-state index in [1.165, 1.54) is 42.7 Å². The molecule has 3 N–H and O–H groups in total. The number of urea groups is 1. The van der Waals surface area contributed by atoms with Gasteiger partial charge in [-0.1, -0.05) is 36.7 Å². The third kappa shape index (κ3) is 6.56. The summed E-state index contributed by atoms with van der Waals surface area (Å²) in [5.74, 6) is 0.377. The minimum atomic E-state index is -4.47. The number of nitrogens with one attached hydrogen (secondary N) is 2. The Bertz CT molecular complexity index is 840. The monoisotopic (exact) mass is 444 g/mol. The molecule has 1 saturated carbocycles. The maximum atomic E-state index is 12.7. The number of hydrogen-bond acceptors (Lipinski definition) is 6. The predicted octanol–water partition coefficient (Wildman–Crippen LogP) is 4.17. The number of halogens is 3. The van der Waals surface area contributed by atoms with Gasteiger partial charge in [0.2, 0.25) is 5.13 Å². The van der Waals surface area contributed by atoms with E-state index in [9.17, 15) is 23.1 Å². The Morgan fingerprint density at radius 1 is 1.27 bits per heavy atom. The van der Waals surface area contributed by atoms with Gasteiger partial charge in [0.25, 0.3) is 0 Å². The molecule has 1 aliphatic carbocycles. The molecule has 1 atom stereocenters. The second-order valence-corrected chi connectivity index (χ2v) is 8.11. The van der Waals surface area contributed by atoms with Crippen LogP contribution in [-0.4, -0.2) is 40.6 Å². The summed E-state index contributed by atoms with van der Waals surface area (Å²) >= 11 is 1.34. The predicted molar refractivity (Wildman–Crippen MR) is 106 cm³/mol. The fourth-order valence-corrected chi connectivity index (χ4v) is 4.07. The molecular weight excluding hydrogens is 421 g/mol. The highest BCUT2D eigenvalue weighted by atomic mass is 32.1. The van der Waals surface area contributed by atoms with E-state index in [0.717, 1.165) is 30.0 Å². The lowest BCUT2D eigenvalue weighted by molar-refractivity contribution is -0.137. The lowest BCUT2D eigenvalue weighted by Gasteiger charge is -2.18. The summed E-state index contributed by atoms with van der Waals surface area (Å²) in [6.07, 6.45) is 0.180. The number of rotatable bonds is 7. The minimum Gasteiger partial charge on any atom is -0.491 e. The number of alkyl halides is 3. The van der Waals surface area contributed by atoms with Gasteiger partial charge in [-0.3, -0.25) is 5.32 Å². The number of carbonyl (C=O) groups excluding carboxylic acids is 1. The molecule has 1 unspecified atom stereocenters. The van der Waals surface area contributed by atoms with Crippen LogP contribution < -0.4 is 15.4 Å². The molecule has 2 aromatic rings. The Hall–Kier alpha value is -2.40. The summed E-state index contributed by atoms with van der Waals surface area (Å²) in [6.45, 7) is -0.411. The molecule has 164 valence electrons. The van der Waals surface area contributed by atoms with Gasteiger partial charge in [0.15, 0.2) is 0 Å². The normalized spacial score (nSPS) is 16.1. The summed E-state index contributed by atoms with van der Waals surface area (Å²) in [7, 11) is 0. The van der Waals surface area contributed by atoms with Gasteiger partial charge in [-0.05, 0) is 31.0 Å². The quantitative estimate of drug-likeness (QED) is 0.596. The molecule has 1 aliphatic rings. The maximum absolute atomic E-state index is 12.7. The van der Waals surface area contributed by atoms with E-state index in [4.69, 9.17) is 4.74 Å². The van der Waals surface area contributed by atoms with Gasteiger partial charge in [-0.2, -0.15) is 13.2 Å². The van der Waals surface area contributed by atoms with Crippen LogP contribution in [-0.2, 0) is 6.18 Å². The van der Waals surface area contributed by atoms with E-state index >= 15 is 0 Å². The molecule has 11 heteroatoms. The minimum absolute atomic E-state index is 0.0163. The lowest BCUT2D eigenvalue weighted by atomic mass is 9.90. The zero-order valence-corrected chi connectivity index (χ0v) is 16.9. The van der Waals surface area contributed by atoms with E-state index < -0.39 is 23.9 Å². The van der Waals surface area contributed by atoms with Gasteiger partial charge in [0, 0.05) is 12.5 Å². The molecule has 7 nitrogen and oxygen atoms in total. The van der Waals surface area contributed by atoms with Crippen LogP contribution in [0.4, 0.5) is 23.1 Å². The van der Waals surface area contributed by atoms with E-state index in [1.807, 2.05) is 0 Å². The summed E-state index contributed by atoms with van der Waals surface area (Å²) in [5.41, 5.74) is -0.836. The average molecular weight is 444 g/mol. The summed E-state index contributed by atoms with van der Waals surface area (Å²) < 4.78 is 43.3. The van der Waals surface area contributed by atoms with Crippen molar-refractivity contribution in [3.8, 4) is 5.75 Å². The molecule has 3 rings (SSSR count). The first-order valence-corrected chi connectivity index (χ1v) is 10.5. The van der Waals surface area contributed by atoms with Crippen molar-refractivity contribution in [2.45, 2.75) is 50.3 Å². The Labute approximate surface area is 175 Å². The Morgan fingerprint density at radius 3 is 2.77 bits per heavy atom. The number of aliphatic hydroxyl groups excluding tert-OH is 1. The fraction of sp³-hybridized carbons (Fsp3) is 0.526. The van der Waals surface area contributed by atoms with Crippen LogP contribution in [0.25, 0.3) is 0 Å². The van der Waals surface area contributed by atoms with Gasteiger partial charge in [-0.15, -0.1) is 10.2 Å². The van der Waals surface area contributed by atoms with Gasteiger partial charge in [0.05, 0.1) is 5.56 Å². The highest BCUT2D eigenvalue weighted by Gasteiger charge is 2.30. The Morgan fingerprint density at radius 2 is 2.03 bits per heavy atom. The molecule has 2 amide bonds. The second-order valence-electron chi connectivity index (χ2n) is 7.11. The second kappa shape index (κ2) is 10.1. The first-order valence-electron chi connectivity index (χ1n) is 9.67. The van der Waals surface area contributed by atoms with Crippen molar-refractivity contribution in [1.82, 2.24) is 15.5 Å². The molecule has 0 radical (unpaired) electrons. The highest BCUT2D eigenvalue weighted by molar-refractivity contribution is 7.15. The molecule has 30 heavy (non-hydrogen) atoms. The van der Waals surface area contributed by atoms with E-state index in [1.54, 1.807) is 0 Å². The van der Waals surface area contributed by atoms with E-state index in [0.29, 0.717) is 11.0 Å². The van der Waals surface area contributed by atoms with Crippen molar-refractivity contribution in [3.63, 3.8) is 0 Å². The maximum Gasteiger partial charge on any atom is 0.416 e. The molecule has 0 saturated heterocycles. The van der Waals surface area contributed by atoms with Crippen LogP contribution >= 0.6 is 11.3 Å². The number of anilines is 1. The number of amides is 2. The van der Waals surface area contributed by atoms with Crippen molar-refractivity contribution in [2.24, 2.45) is 0 Å². The van der Waals surface area contributed by atoms with Crippen LogP contribution in [0.3, 0.4) is 0 Å². The lowest BCUT2D eigenvalue weighted by Crippen LogP contribution is -2.37. The molecule has 1 heterocycles. The summed E-state index contributed by atoms with van der Waals surface area (Å²) in [4.78, 5) is 12.0. The number of benzene rings is 1. The number of aromatic nitrogens is 2. The van der Waals surface area contributed by atoms with Gasteiger partial charge in [-0.25, -0.2) is 4.79 Å². The van der Waals surface area contributed by atoms with Crippen molar-refractivity contribution < 1.29 is 27.8 Å². The van der Waals surface area contributed by atoms with Crippen molar-refractivity contribution in [1.29, 1.82) is 0 Å². The summed E-state index contributed by atoms with van der Waals surface area (Å²) in [6, 6.07) is 3.81. The third-order valence-corrected chi connectivity index (χ3v) is 5.72. The molecule has 1 fully saturated rings. The first kappa shape index (κ1) is 22.3. The van der Waals surface area contributed by atoms with Gasteiger partial charge >= 0.3 is 12.2 Å². The zero-order valence-electron chi connectivity index (χ0n) is 16.1. The molecule has 0 aliphatic heterocycles. The Balaban J connectivity index is 1.40. The van der Waals surface area contributed by atoms with E-state index in [2.05, 4.69) is 20.8 Å². The number of hydrogen-bond donors (Lipinski definition) is 3. The standard InChI is InChI=1S/C19H23F3N4O3S/c20-19(21,22)13-7-4-8-15(9-13)29-11-14(27)10-23-17(28)24-18-26-25-16(30-18)12-5-2-1-3-6-12/h4,7-9,12,14,27H,1-3,5-6,10-11H2,(H2,23,24,26,28). The SMILES string of the molecule is O=C(NCC(O)COc1cccc(C(F)(F)F)c1)Nc1nnc(C2CCCCC2)s1. The molecule has 0 bridgehead atoms. The van der Waals surface area contributed by atoms with Crippen LogP contribution in [0.1, 0.15) is 48.6 Å². The molecule has 1 aromatic carbocycles. The third-order valence-electron chi connectivity index (χ3n) is 4.72. The highest BCUT2D eigenvalue weighted by Crippen LogP contribution is 2.35. The van der Waals surface area contributed by atoms with Gasteiger partial charge in [0.1, 0.15) is 23.5 Å². The van der Waals surface area contributed by atoms with Crippen molar-refractivity contribution in [3.05, 3.63) is 34.8 Å². The fourth-order valence-electron chi connectivity index (χ4n) is 3.16. The topological polar surface area (TPSA) is 96.4 Å². The van der Waals surface area contributed by atoms with Gasteiger partial charge < -0.3 is 15.2 Å². The number of carbonyl (C=O) groups is 1. The first-order chi connectivity index (χ1) is 14.3. The van der Waals surface area contributed by atoms with Crippen LogP contribution in [0.5, 0.6) is 5.75 Å². The van der Waals surface area contributed by atoms with Crippen LogP contribution in [0.15, 0.2) is 24.3 Å². The van der Waals surface area contributed by atoms with Crippen molar-refractivity contribution >= 4 is 22.5 Å². The smallest absolute Gasteiger partial charge is 0.416 e. The molecule has 1 aromatic heterocycles. The van der Waals surface area contributed by atoms with Crippen molar-refractivity contribution in [2.75, 3.05) is 18.5 Å². The largest absolute Gasteiger partial charge is 0.491 e. The number of aliphatic hydroxyl groups is 1. The summed E-state index contributed by atoms with van der Waals surface area (Å²) in [5, 5.41) is 24.4. The molecular formula is C19H23F3N4O3S. The van der Waals surface area contributed by atoms with Crippen LogP contribution in [0.2, 0.25) is 0 Å². The average Bonchev–Trinajstić information content (AvgIpc) is 3.19. The van der Waals surface area contributed by atoms with Crippen LogP contribution in [0, 0.1) is 0 Å². The zero-order chi connectivity index (χ0) is 21.6.